The van der Waals surface area contributed by atoms with E-state index in [1.54, 1.807) is 11.8 Å². The van der Waals surface area contributed by atoms with Gasteiger partial charge < -0.3 is 5.32 Å². The molecule has 2 aliphatic carbocycles. The topological polar surface area (TPSA) is 54.9 Å². The van der Waals surface area contributed by atoms with Gasteiger partial charge in [-0.1, -0.05) is 62.9 Å². The van der Waals surface area contributed by atoms with Crippen LogP contribution in [0.4, 0.5) is 5.69 Å². The smallest absolute Gasteiger partial charge is 0.237 e. The maximum Gasteiger partial charge on any atom is 0.237 e. The SMILES string of the molecule is Cc1cc2nc3c(nc2cc1C)C1(C(=O)Nc2ccccc2Sc2ccccc2)CCC3(C)C1(C)C. The van der Waals surface area contributed by atoms with Crippen molar-refractivity contribution in [2.45, 2.75) is 68.1 Å². The predicted octanol–water partition coefficient (Wildman–Crippen LogP) is 7.37. The van der Waals surface area contributed by atoms with Gasteiger partial charge in [0.15, 0.2) is 0 Å². The molecule has 0 aliphatic heterocycles. The second-order valence-electron chi connectivity index (χ2n) is 11.1. The third kappa shape index (κ3) is 3.05. The minimum atomic E-state index is -0.735. The highest BCUT2D eigenvalue weighted by molar-refractivity contribution is 7.99. The Kier molecular flexibility index (Phi) is 5.10. The van der Waals surface area contributed by atoms with Crippen molar-refractivity contribution in [2.24, 2.45) is 5.41 Å². The van der Waals surface area contributed by atoms with E-state index in [9.17, 15) is 4.79 Å². The van der Waals surface area contributed by atoms with Crippen molar-refractivity contribution in [1.29, 1.82) is 0 Å². The number of carbonyl (C=O) groups excluding carboxylic acids is 1. The summed E-state index contributed by atoms with van der Waals surface area (Å²) in [6, 6.07) is 22.6. The summed E-state index contributed by atoms with van der Waals surface area (Å²) in [7, 11) is 0. The molecule has 0 saturated heterocycles. The first-order valence-corrected chi connectivity index (χ1v) is 13.4. The van der Waals surface area contributed by atoms with Crippen LogP contribution in [-0.2, 0) is 15.6 Å². The molecule has 1 N–H and O–H groups in total. The van der Waals surface area contributed by atoms with Crippen LogP contribution in [0.2, 0.25) is 0 Å². The number of rotatable bonds is 4. The number of hydrogen-bond acceptors (Lipinski definition) is 4. The summed E-state index contributed by atoms with van der Waals surface area (Å²) in [4.78, 5) is 26.9. The van der Waals surface area contributed by atoms with Gasteiger partial charge in [-0.25, -0.2) is 9.97 Å². The number of hydrogen-bond donors (Lipinski definition) is 1. The fraction of sp³-hybridized carbons (Fsp3) is 0.323. The molecule has 4 aromatic rings. The van der Waals surface area contributed by atoms with E-state index in [4.69, 9.17) is 9.97 Å². The Morgan fingerprint density at radius 2 is 1.44 bits per heavy atom. The normalized spacial score (nSPS) is 23.6. The molecule has 0 spiro atoms. The minimum Gasteiger partial charge on any atom is -0.324 e. The van der Waals surface area contributed by atoms with E-state index in [0.29, 0.717) is 0 Å². The predicted molar refractivity (Wildman–Crippen MR) is 147 cm³/mol. The Morgan fingerprint density at radius 3 is 2.14 bits per heavy atom. The Balaban J connectivity index is 1.45. The van der Waals surface area contributed by atoms with E-state index in [1.807, 2.05) is 36.4 Å². The molecule has 2 unspecified atom stereocenters. The lowest BCUT2D eigenvalue weighted by Crippen LogP contribution is -2.48. The van der Waals surface area contributed by atoms with Gasteiger partial charge in [0.1, 0.15) is 0 Å². The Morgan fingerprint density at radius 1 is 0.833 bits per heavy atom. The lowest BCUT2D eigenvalue weighted by molar-refractivity contribution is -0.125. The number of aryl methyl sites for hydroxylation is 2. The highest BCUT2D eigenvalue weighted by Crippen LogP contribution is 2.70. The Hall–Kier alpha value is -3.18. The van der Waals surface area contributed by atoms with Crippen molar-refractivity contribution in [3.8, 4) is 0 Å². The van der Waals surface area contributed by atoms with Crippen LogP contribution in [-0.4, -0.2) is 15.9 Å². The van der Waals surface area contributed by atoms with Gasteiger partial charge in [-0.15, -0.1) is 0 Å². The van der Waals surface area contributed by atoms with E-state index in [-0.39, 0.29) is 16.7 Å². The monoisotopic (exact) mass is 493 g/mol. The second-order valence-corrected chi connectivity index (χ2v) is 12.2. The molecule has 4 nitrogen and oxygen atoms in total. The quantitative estimate of drug-likeness (QED) is 0.323. The van der Waals surface area contributed by atoms with Crippen LogP contribution in [0, 0.1) is 19.3 Å². The molecule has 1 saturated carbocycles. The van der Waals surface area contributed by atoms with Crippen molar-refractivity contribution in [3.05, 3.63) is 89.2 Å². The standard InChI is InChI=1S/C31H31N3OS/c1-19-17-23-24(18-20(19)2)33-27-26(32-23)30(5)15-16-31(27,29(30,3)4)28(35)34-22-13-9-10-14-25(22)36-21-11-7-6-8-12-21/h6-14,17-18H,15-16H2,1-5H3,(H,34,35). The number of amides is 1. The number of aromatic nitrogens is 2. The van der Waals surface area contributed by atoms with Crippen molar-refractivity contribution in [3.63, 3.8) is 0 Å². The van der Waals surface area contributed by atoms with Crippen LogP contribution in [0.1, 0.15) is 56.1 Å². The highest BCUT2D eigenvalue weighted by Gasteiger charge is 2.73. The molecule has 0 radical (unpaired) electrons. The maximum atomic E-state index is 14.4. The number of nitrogens with zero attached hydrogens (tertiary/aromatic N) is 2. The molecule has 2 atom stereocenters. The molecule has 2 aliphatic rings. The average molecular weight is 494 g/mol. The molecule has 182 valence electrons. The first kappa shape index (κ1) is 23.2. The molecule has 1 aromatic heterocycles. The van der Waals surface area contributed by atoms with Gasteiger partial charge in [0.2, 0.25) is 5.91 Å². The first-order chi connectivity index (χ1) is 17.2. The number of carbonyl (C=O) groups is 1. The van der Waals surface area contributed by atoms with Crippen LogP contribution < -0.4 is 5.32 Å². The van der Waals surface area contributed by atoms with Crippen LogP contribution in [0.5, 0.6) is 0 Å². The van der Waals surface area contributed by atoms with Crippen LogP contribution in [0.25, 0.3) is 11.0 Å². The second kappa shape index (κ2) is 7.91. The van der Waals surface area contributed by atoms with E-state index < -0.39 is 5.41 Å². The summed E-state index contributed by atoms with van der Waals surface area (Å²) < 4.78 is 0. The number of anilines is 1. The molecule has 2 bridgehead atoms. The van der Waals surface area contributed by atoms with Gasteiger partial charge in [0.25, 0.3) is 0 Å². The Bertz CT molecular complexity index is 1530. The summed E-state index contributed by atoms with van der Waals surface area (Å²) in [6.07, 6.45) is 1.69. The minimum absolute atomic E-state index is 0.0218. The van der Waals surface area contributed by atoms with Crippen molar-refractivity contribution < 1.29 is 4.79 Å². The molecular formula is C31H31N3OS. The molecular weight excluding hydrogens is 462 g/mol. The molecule has 5 heteroatoms. The summed E-state index contributed by atoms with van der Waals surface area (Å²) in [5, 5.41) is 3.35. The summed E-state index contributed by atoms with van der Waals surface area (Å²) in [5.41, 5.74) is 5.62. The first-order valence-electron chi connectivity index (χ1n) is 12.6. The number of para-hydroxylation sites is 1. The van der Waals surface area contributed by atoms with Gasteiger partial charge in [-0.2, -0.15) is 0 Å². The number of benzene rings is 3. The lowest BCUT2D eigenvalue weighted by atomic mass is 9.63. The van der Waals surface area contributed by atoms with Gasteiger partial charge in [-0.05, 0) is 79.6 Å². The largest absolute Gasteiger partial charge is 0.324 e. The van der Waals surface area contributed by atoms with E-state index >= 15 is 0 Å². The molecule has 1 amide bonds. The zero-order valence-electron chi connectivity index (χ0n) is 21.5. The zero-order valence-corrected chi connectivity index (χ0v) is 22.3. The van der Waals surface area contributed by atoms with E-state index in [0.717, 1.165) is 50.7 Å². The number of nitrogens with one attached hydrogen (secondary N) is 1. The molecule has 1 heterocycles. The fourth-order valence-electron chi connectivity index (χ4n) is 6.36. The zero-order chi connectivity index (χ0) is 25.3. The van der Waals surface area contributed by atoms with Crippen molar-refractivity contribution in [1.82, 2.24) is 9.97 Å². The van der Waals surface area contributed by atoms with Crippen LogP contribution in [0.3, 0.4) is 0 Å². The highest BCUT2D eigenvalue weighted by atomic mass is 32.2. The maximum absolute atomic E-state index is 14.4. The Labute approximate surface area is 217 Å². The summed E-state index contributed by atoms with van der Waals surface area (Å²) >= 11 is 1.66. The van der Waals surface area contributed by atoms with Gasteiger partial charge in [0, 0.05) is 15.2 Å². The third-order valence-corrected chi connectivity index (χ3v) is 10.2. The molecule has 6 rings (SSSR count). The third-order valence-electron chi connectivity index (χ3n) is 9.15. The van der Waals surface area contributed by atoms with Crippen molar-refractivity contribution in [2.75, 3.05) is 5.32 Å². The van der Waals surface area contributed by atoms with Gasteiger partial charge in [-0.3, -0.25) is 4.79 Å². The summed E-state index contributed by atoms with van der Waals surface area (Å²) in [5.74, 6) is 0.0218. The van der Waals surface area contributed by atoms with E-state index in [1.165, 1.54) is 11.1 Å². The van der Waals surface area contributed by atoms with Crippen LogP contribution in [0.15, 0.2) is 76.5 Å². The van der Waals surface area contributed by atoms with Crippen LogP contribution >= 0.6 is 11.8 Å². The average Bonchev–Trinajstić information content (AvgIpc) is 3.15. The van der Waals surface area contributed by atoms with Gasteiger partial charge in [0.05, 0.1) is 33.5 Å². The summed E-state index contributed by atoms with van der Waals surface area (Å²) in [6.45, 7) is 10.9. The number of fused-ring (bicyclic) bond motifs is 6. The molecule has 36 heavy (non-hydrogen) atoms. The van der Waals surface area contributed by atoms with Gasteiger partial charge >= 0.3 is 0 Å². The molecule has 1 fully saturated rings. The van der Waals surface area contributed by atoms with E-state index in [2.05, 4.69) is 70.3 Å². The van der Waals surface area contributed by atoms with Crippen molar-refractivity contribution >= 4 is 34.4 Å². The lowest BCUT2D eigenvalue weighted by Gasteiger charge is -2.39. The molecule has 3 aromatic carbocycles. The fourth-order valence-corrected chi connectivity index (χ4v) is 7.29.